The maximum absolute atomic E-state index is 12.2. The average Bonchev–Trinajstić information content (AvgIpc) is 3.48. The van der Waals surface area contributed by atoms with Gasteiger partial charge in [-0.15, -0.1) is 0 Å². The molecule has 0 aromatic rings. The molecular weight excluding hydrogens is 382 g/mol. The second-order valence-electron chi connectivity index (χ2n) is 9.56. The Morgan fingerprint density at radius 1 is 1.37 bits per heavy atom. The summed E-state index contributed by atoms with van der Waals surface area (Å²) < 4.78 is 24.3. The van der Waals surface area contributed by atoms with Gasteiger partial charge in [-0.05, 0) is 62.5 Å². The average molecular weight is 423 g/mol. The quantitative estimate of drug-likeness (QED) is 0.361. The molecule has 0 spiro atoms. The highest BCUT2D eigenvalue weighted by atomic mass is 19.3. The molecule has 1 fully saturated rings. The summed E-state index contributed by atoms with van der Waals surface area (Å²) in [7, 11) is 0. The van der Waals surface area contributed by atoms with Crippen LogP contribution in [0.25, 0.3) is 0 Å². The monoisotopic (exact) mass is 422 g/mol. The number of halogens is 2. The molecule has 0 radical (unpaired) electrons. The molecule has 1 saturated carbocycles. The maximum Gasteiger partial charge on any atom is 0.312 e. The highest BCUT2D eigenvalue weighted by molar-refractivity contribution is 5.79. The van der Waals surface area contributed by atoms with Crippen molar-refractivity contribution in [3.8, 4) is 11.8 Å². The van der Waals surface area contributed by atoms with Gasteiger partial charge in [-0.1, -0.05) is 58.3 Å². The number of hydrogen-bond donors (Lipinski definition) is 2. The molecule has 0 aromatic heterocycles. The Labute approximate surface area is 182 Å². The van der Waals surface area contributed by atoms with Crippen molar-refractivity contribution in [3.63, 3.8) is 0 Å². The summed E-state index contributed by atoms with van der Waals surface area (Å²) in [5.41, 5.74) is 3.29. The van der Waals surface area contributed by atoms with Gasteiger partial charge in [0.25, 0.3) is 0 Å². The Morgan fingerprint density at radius 2 is 1.97 bits per heavy atom. The molecule has 170 valence electrons. The zero-order chi connectivity index (χ0) is 23.1. The third-order valence-corrected chi connectivity index (χ3v) is 5.91. The van der Waals surface area contributed by atoms with Crippen LogP contribution in [-0.4, -0.2) is 18.0 Å². The molecule has 0 aliphatic heterocycles. The summed E-state index contributed by atoms with van der Waals surface area (Å²) in [5.74, 6) is 5.17. The smallest absolute Gasteiger partial charge is 0.312 e. The highest BCUT2D eigenvalue weighted by Crippen LogP contribution is 2.41. The third-order valence-electron chi connectivity index (χ3n) is 5.91. The molecule has 2 aliphatic carbocycles. The number of alkyl halides is 2. The fraction of sp³-hybridized carbons (Fsp3) is 0.640. The molecule has 1 atom stereocenters. The van der Waals surface area contributed by atoms with Crippen LogP contribution in [0.3, 0.4) is 0 Å². The van der Waals surface area contributed by atoms with Crippen LogP contribution in [0.5, 0.6) is 0 Å². The number of allylic oxidation sites excluding steroid dienone is 3. The normalized spacial score (nSPS) is 19.3. The van der Waals surface area contributed by atoms with Crippen molar-refractivity contribution in [3.05, 3.63) is 36.1 Å². The molecule has 2 rings (SSSR count). The largest absolute Gasteiger partial charge is 0.351 e. The molecule has 2 N–H and O–H groups in total. The first-order valence-electron chi connectivity index (χ1n) is 10.7. The van der Waals surface area contributed by atoms with Crippen LogP contribution in [0, 0.1) is 29.1 Å². The van der Waals surface area contributed by atoms with E-state index in [0.717, 1.165) is 12.8 Å². The molecule has 1 amide bonds. The fourth-order valence-electron chi connectivity index (χ4n) is 3.17. The SMILES string of the molecule is C=C1CCCC(C)(C)C1=C.CCC(C)(C)NC(=O)[C@H](C)C/C(=C/NC(F)F)C1C#C1.[HH]. The number of carbonyl (C=O) groups is 1. The Bertz CT molecular complexity index is 736. The molecule has 30 heavy (non-hydrogen) atoms. The van der Waals surface area contributed by atoms with Crippen LogP contribution in [0.1, 0.15) is 75.1 Å². The zero-order valence-corrected chi connectivity index (χ0v) is 19.4. The maximum atomic E-state index is 12.2. The van der Waals surface area contributed by atoms with Crippen molar-refractivity contribution in [2.45, 2.75) is 85.7 Å². The van der Waals surface area contributed by atoms with E-state index >= 15 is 0 Å². The summed E-state index contributed by atoms with van der Waals surface area (Å²) in [6.07, 6.45) is 6.22. The molecule has 2 aliphatic rings. The minimum absolute atomic E-state index is 0. The summed E-state index contributed by atoms with van der Waals surface area (Å²) in [5, 5.41) is 4.92. The van der Waals surface area contributed by atoms with Crippen molar-refractivity contribution in [2.75, 3.05) is 0 Å². The van der Waals surface area contributed by atoms with E-state index < -0.39 is 6.55 Å². The molecule has 5 heteroatoms. The Morgan fingerprint density at radius 3 is 2.40 bits per heavy atom. The fourth-order valence-corrected chi connectivity index (χ4v) is 3.17. The molecule has 0 aromatic carbocycles. The number of nitrogens with one attached hydrogen (secondary N) is 2. The Balaban J connectivity index is 0.000000688. The van der Waals surface area contributed by atoms with E-state index in [9.17, 15) is 13.6 Å². The van der Waals surface area contributed by atoms with Crippen molar-refractivity contribution < 1.29 is 15.0 Å². The van der Waals surface area contributed by atoms with Gasteiger partial charge >= 0.3 is 6.55 Å². The molecular formula is C25H40F2N2O. The van der Waals surface area contributed by atoms with Gasteiger partial charge in [-0.3, -0.25) is 4.79 Å². The van der Waals surface area contributed by atoms with Crippen LogP contribution < -0.4 is 10.6 Å². The van der Waals surface area contributed by atoms with Gasteiger partial charge < -0.3 is 10.6 Å². The van der Waals surface area contributed by atoms with Gasteiger partial charge in [-0.25, -0.2) is 0 Å². The molecule has 0 heterocycles. The number of hydrogen-bond acceptors (Lipinski definition) is 2. The zero-order valence-electron chi connectivity index (χ0n) is 19.4. The van der Waals surface area contributed by atoms with Crippen LogP contribution in [-0.2, 0) is 4.79 Å². The highest BCUT2D eigenvalue weighted by Gasteiger charge is 2.27. The summed E-state index contributed by atoms with van der Waals surface area (Å²) in [6.45, 7) is 17.6. The first-order chi connectivity index (χ1) is 13.8. The van der Waals surface area contributed by atoms with Crippen LogP contribution >= 0.6 is 0 Å². The van der Waals surface area contributed by atoms with Crippen molar-refractivity contribution in [2.24, 2.45) is 17.3 Å². The van der Waals surface area contributed by atoms with E-state index in [1.54, 1.807) is 6.92 Å². The number of amides is 1. The predicted octanol–water partition coefficient (Wildman–Crippen LogP) is 6.20. The lowest BCUT2D eigenvalue weighted by atomic mass is 9.72. The number of carbonyl (C=O) groups excluding carboxylic acids is 1. The van der Waals surface area contributed by atoms with E-state index in [1.165, 1.54) is 30.2 Å². The molecule has 0 unspecified atom stereocenters. The summed E-state index contributed by atoms with van der Waals surface area (Å²) >= 11 is 0. The van der Waals surface area contributed by atoms with Crippen molar-refractivity contribution in [1.29, 1.82) is 0 Å². The molecule has 0 bridgehead atoms. The Kier molecular flexibility index (Phi) is 9.34. The second kappa shape index (κ2) is 10.8. The first kappa shape index (κ1) is 25.9. The third kappa shape index (κ3) is 8.73. The van der Waals surface area contributed by atoms with Crippen LogP contribution in [0.4, 0.5) is 8.78 Å². The minimum atomic E-state index is -2.60. The summed E-state index contributed by atoms with van der Waals surface area (Å²) in [4.78, 5) is 12.1. The topological polar surface area (TPSA) is 41.1 Å². The summed E-state index contributed by atoms with van der Waals surface area (Å²) in [6, 6.07) is 0. The lowest BCUT2D eigenvalue weighted by Gasteiger charge is -2.33. The van der Waals surface area contributed by atoms with Gasteiger partial charge in [0.2, 0.25) is 5.91 Å². The lowest BCUT2D eigenvalue weighted by Crippen LogP contribution is -2.45. The van der Waals surface area contributed by atoms with Gasteiger partial charge in [0.15, 0.2) is 0 Å². The molecule has 0 saturated heterocycles. The van der Waals surface area contributed by atoms with E-state index in [2.05, 4.69) is 44.2 Å². The molecule has 3 nitrogen and oxygen atoms in total. The Hall–Kier alpha value is -2.09. The minimum Gasteiger partial charge on any atom is -0.351 e. The van der Waals surface area contributed by atoms with E-state index in [0.29, 0.717) is 17.4 Å². The van der Waals surface area contributed by atoms with Crippen molar-refractivity contribution >= 4 is 5.91 Å². The van der Waals surface area contributed by atoms with E-state index in [4.69, 9.17) is 0 Å². The first-order valence-corrected chi connectivity index (χ1v) is 10.7. The van der Waals surface area contributed by atoms with Crippen molar-refractivity contribution in [1.82, 2.24) is 10.6 Å². The van der Waals surface area contributed by atoms with Gasteiger partial charge in [0, 0.05) is 19.1 Å². The standard InChI is InChI=1S/C15H22F2N2O.C10H16.H2/c1-5-15(3,4)19-13(20)10(2)8-12(11-6-7-11)9-18-14(16)17;1-8-6-5-7-10(3,4)9(8)2;/h9-11,14,18H,5,8H2,1-4H3,(H,19,20);1-2,5-7H2,3-4H3;1H/b12-9-;;/t10-;;/m1../s1. The van der Waals surface area contributed by atoms with Gasteiger partial charge in [0.05, 0.1) is 0 Å². The van der Waals surface area contributed by atoms with Crippen LogP contribution in [0.2, 0.25) is 0 Å². The lowest BCUT2D eigenvalue weighted by molar-refractivity contribution is -0.126. The second-order valence-corrected chi connectivity index (χ2v) is 9.56. The van der Waals surface area contributed by atoms with Gasteiger partial charge in [0.1, 0.15) is 5.92 Å². The number of rotatable bonds is 8. The van der Waals surface area contributed by atoms with Crippen LogP contribution in [0.15, 0.2) is 36.1 Å². The van der Waals surface area contributed by atoms with E-state index in [1.807, 2.05) is 26.1 Å². The predicted molar refractivity (Wildman–Crippen MR) is 123 cm³/mol. The van der Waals surface area contributed by atoms with Gasteiger partial charge in [-0.2, -0.15) is 8.78 Å². The van der Waals surface area contributed by atoms with E-state index in [-0.39, 0.29) is 24.7 Å².